The van der Waals surface area contributed by atoms with Crippen LogP contribution in [0.15, 0.2) is 0 Å². The van der Waals surface area contributed by atoms with Gasteiger partial charge >= 0.3 is 18.0 Å². The van der Waals surface area contributed by atoms with Gasteiger partial charge in [0.25, 0.3) is 0 Å². The molecule has 22 heavy (non-hydrogen) atoms. The maximum absolute atomic E-state index is 11.6. The molecule has 0 heterocycles. The molecule has 11 heteroatoms. The summed E-state index contributed by atoms with van der Waals surface area (Å²) in [5, 5.41) is 21.5. The summed E-state index contributed by atoms with van der Waals surface area (Å²) in [5.41, 5.74) is 9.89. The van der Waals surface area contributed by atoms with Crippen molar-refractivity contribution in [2.24, 2.45) is 11.5 Å². The Morgan fingerprint density at radius 2 is 1.36 bits per heavy atom. The standard InChI is InChI=1S/C11H18N4O7/c12-7(16)3-1-6(10(20)21)15-11(22)14-5(9(13)19)2-4-8(17)18/h5-6H,1-4H2,(H2,12,16)(H2,13,19)(H,17,18)(H,20,21)(H2,14,15,22)/t5-,6-/m1/s1. The fourth-order valence-corrected chi connectivity index (χ4v) is 1.46. The predicted molar refractivity (Wildman–Crippen MR) is 71.4 cm³/mol. The van der Waals surface area contributed by atoms with E-state index in [1.165, 1.54) is 0 Å². The van der Waals surface area contributed by atoms with E-state index < -0.39 is 48.3 Å². The van der Waals surface area contributed by atoms with Crippen molar-refractivity contribution in [1.29, 1.82) is 0 Å². The lowest BCUT2D eigenvalue weighted by Crippen LogP contribution is -2.52. The number of aliphatic carboxylic acids is 2. The second-order valence-corrected chi connectivity index (χ2v) is 4.40. The predicted octanol–water partition coefficient (Wildman–Crippen LogP) is -2.28. The van der Waals surface area contributed by atoms with E-state index in [2.05, 4.69) is 5.32 Å². The fraction of sp³-hybridized carbons (Fsp3) is 0.545. The number of hydrogen-bond donors (Lipinski definition) is 6. The second-order valence-electron chi connectivity index (χ2n) is 4.40. The van der Waals surface area contributed by atoms with Crippen molar-refractivity contribution >= 4 is 29.8 Å². The Labute approximate surface area is 125 Å². The van der Waals surface area contributed by atoms with Gasteiger partial charge in [0.1, 0.15) is 12.1 Å². The van der Waals surface area contributed by atoms with Crippen molar-refractivity contribution in [2.45, 2.75) is 37.8 Å². The van der Waals surface area contributed by atoms with Crippen LogP contribution in [0.25, 0.3) is 0 Å². The molecule has 0 fully saturated rings. The van der Waals surface area contributed by atoms with Crippen molar-refractivity contribution in [3.63, 3.8) is 0 Å². The Bertz CT molecular complexity index is 425. The van der Waals surface area contributed by atoms with E-state index in [0.29, 0.717) is 0 Å². The molecular formula is C11H18N4O7. The number of carboxylic acids is 2. The highest BCUT2D eigenvalue weighted by molar-refractivity contribution is 5.88. The Morgan fingerprint density at radius 1 is 0.864 bits per heavy atom. The van der Waals surface area contributed by atoms with E-state index >= 15 is 0 Å². The first-order valence-corrected chi connectivity index (χ1v) is 6.22. The molecule has 0 saturated heterocycles. The zero-order valence-corrected chi connectivity index (χ0v) is 11.6. The van der Waals surface area contributed by atoms with Gasteiger partial charge in [-0.2, -0.15) is 0 Å². The van der Waals surface area contributed by atoms with Gasteiger partial charge < -0.3 is 32.3 Å². The quantitative estimate of drug-likeness (QED) is 0.260. The van der Waals surface area contributed by atoms with Crippen molar-refractivity contribution in [1.82, 2.24) is 10.6 Å². The number of nitrogens with one attached hydrogen (secondary N) is 2. The minimum Gasteiger partial charge on any atom is -0.481 e. The van der Waals surface area contributed by atoms with Gasteiger partial charge in [-0.15, -0.1) is 0 Å². The lowest BCUT2D eigenvalue weighted by atomic mass is 10.1. The largest absolute Gasteiger partial charge is 0.481 e. The SMILES string of the molecule is NC(=O)CC[C@@H](NC(=O)N[C@H](CCC(=O)O)C(N)=O)C(=O)O. The molecule has 0 aromatic heterocycles. The molecule has 0 aliphatic rings. The van der Waals surface area contributed by atoms with Crippen molar-refractivity contribution < 1.29 is 34.2 Å². The molecule has 8 N–H and O–H groups in total. The van der Waals surface area contributed by atoms with Crippen LogP contribution in [-0.4, -0.2) is 52.1 Å². The fourth-order valence-electron chi connectivity index (χ4n) is 1.46. The van der Waals surface area contributed by atoms with Crippen molar-refractivity contribution in [2.75, 3.05) is 0 Å². The number of urea groups is 1. The molecule has 124 valence electrons. The second kappa shape index (κ2) is 9.15. The average molecular weight is 318 g/mol. The first-order valence-electron chi connectivity index (χ1n) is 6.22. The van der Waals surface area contributed by atoms with Crippen LogP contribution in [-0.2, 0) is 19.2 Å². The molecular weight excluding hydrogens is 300 g/mol. The van der Waals surface area contributed by atoms with E-state index in [1.807, 2.05) is 5.32 Å². The highest BCUT2D eigenvalue weighted by Crippen LogP contribution is 2.00. The van der Waals surface area contributed by atoms with Gasteiger partial charge in [0.15, 0.2) is 0 Å². The highest BCUT2D eigenvalue weighted by atomic mass is 16.4. The molecule has 0 aliphatic carbocycles. The zero-order valence-electron chi connectivity index (χ0n) is 11.6. The Morgan fingerprint density at radius 3 is 1.77 bits per heavy atom. The molecule has 11 nitrogen and oxygen atoms in total. The zero-order chi connectivity index (χ0) is 17.3. The van der Waals surface area contributed by atoms with E-state index in [4.69, 9.17) is 21.7 Å². The molecule has 0 rings (SSSR count). The number of hydrogen-bond acceptors (Lipinski definition) is 5. The van der Waals surface area contributed by atoms with Crippen LogP contribution in [0.1, 0.15) is 25.7 Å². The van der Waals surface area contributed by atoms with Crippen LogP contribution in [0.4, 0.5) is 4.79 Å². The van der Waals surface area contributed by atoms with Gasteiger partial charge in [-0.05, 0) is 12.8 Å². The summed E-state index contributed by atoms with van der Waals surface area (Å²) in [6, 6.07) is -3.67. The maximum Gasteiger partial charge on any atom is 0.326 e. The summed E-state index contributed by atoms with van der Waals surface area (Å²) < 4.78 is 0. The van der Waals surface area contributed by atoms with Gasteiger partial charge in [-0.25, -0.2) is 9.59 Å². The number of carboxylic acid groups (broad SMARTS) is 2. The third-order valence-corrected chi connectivity index (χ3v) is 2.58. The molecule has 2 atom stereocenters. The number of nitrogens with two attached hydrogens (primary N) is 2. The normalized spacial score (nSPS) is 12.7. The Balaban J connectivity index is 4.57. The van der Waals surface area contributed by atoms with Gasteiger partial charge in [0.2, 0.25) is 11.8 Å². The number of amides is 4. The van der Waals surface area contributed by atoms with E-state index in [9.17, 15) is 24.0 Å². The average Bonchev–Trinajstić information content (AvgIpc) is 2.38. The lowest BCUT2D eigenvalue weighted by Gasteiger charge is -2.18. The molecule has 0 aromatic carbocycles. The molecule has 4 amide bonds. The minimum atomic E-state index is -1.39. The summed E-state index contributed by atoms with van der Waals surface area (Å²) in [7, 11) is 0. The Kier molecular flexibility index (Phi) is 7.97. The number of carbonyl (C=O) groups excluding carboxylic acids is 3. The lowest BCUT2D eigenvalue weighted by molar-refractivity contribution is -0.139. The first kappa shape index (κ1) is 19.1. The summed E-state index contributed by atoms with van der Waals surface area (Å²) in [4.78, 5) is 54.7. The van der Waals surface area contributed by atoms with E-state index in [1.54, 1.807) is 0 Å². The maximum atomic E-state index is 11.6. The topological polar surface area (TPSA) is 202 Å². The summed E-state index contributed by atoms with van der Waals surface area (Å²) >= 11 is 0. The molecule has 0 aliphatic heterocycles. The van der Waals surface area contributed by atoms with E-state index in [0.717, 1.165) is 0 Å². The van der Waals surface area contributed by atoms with Crippen molar-refractivity contribution in [3.8, 4) is 0 Å². The number of primary amides is 2. The van der Waals surface area contributed by atoms with Crippen LogP contribution in [0.5, 0.6) is 0 Å². The van der Waals surface area contributed by atoms with Crippen LogP contribution >= 0.6 is 0 Å². The summed E-state index contributed by atoms with van der Waals surface area (Å²) in [6.45, 7) is 0. The van der Waals surface area contributed by atoms with Gasteiger partial charge in [-0.1, -0.05) is 0 Å². The van der Waals surface area contributed by atoms with Gasteiger partial charge in [-0.3, -0.25) is 14.4 Å². The molecule has 0 bridgehead atoms. The van der Waals surface area contributed by atoms with Crippen LogP contribution in [0.3, 0.4) is 0 Å². The van der Waals surface area contributed by atoms with Crippen LogP contribution < -0.4 is 22.1 Å². The number of rotatable bonds is 10. The van der Waals surface area contributed by atoms with E-state index in [-0.39, 0.29) is 19.3 Å². The van der Waals surface area contributed by atoms with Gasteiger partial charge in [0.05, 0.1) is 0 Å². The molecule has 0 unspecified atom stereocenters. The number of carbonyl (C=O) groups is 5. The monoisotopic (exact) mass is 318 g/mol. The third kappa shape index (κ3) is 8.35. The molecule has 0 spiro atoms. The van der Waals surface area contributed by atoms with Crippen LogP contribution in [0, 0.1) is 0 Å². The van der Waals surface area contributed by atoms with Crippen LogP contribution in [0.2, 0.25) is 0 Å². The molecule has 0 saturated carbocycles. The minimum absolute atomic E-state index is 0.228. The molecule has 0 radical (unpaired) electrons. The molecule has 0 aromatic rings. The van der Waals surface area contributed by atoms with Gasteiger partial charge in [0, 0.05) is 12.8 Å². The summed E-state index contributed by atoms with van der Waals surface area (Å²) in [6.07, 6.45) is -1.13. The van der Waals surface area contributed by atoms with Crippen molar-refractivity contribution in [3.05, 3.63) is 0 Å². The Hall–Kier alpha value is -2.85. The first-order chi connectivity index (χ1) is 10.1. The highest BCUT2D eigenvalue weighted by Gasteiger charge is 2.24. The smallest absolute Gasteiger partial charge is 0.326 e. The summed E-state index contributed by atoms with van der Waals surface area (Å²) in [5.74, 6) is -4.26. The third-order valence-electron chi connectivity index (χ3n) is 2.58.